The molecule has 1 N–H and O–H groups in total. The van der Waals surface area contributed by atoms with Crippen LogP contribution in [0, 0.1) is 6.92 Å². The fourth-order valence-corrected chi connectivity index (χ4v) is 2.85. The number of anilines is 2. The number of hydrogen-bond donors (Lipinski definition) is 1. The molecule has 0 spiro atoms. The Bertz CT molecular complexity index is 904. The number of hydrogen-bond acceptors (Lipinski definition) is 5. The maximum absolute atomic E-state index is 12.6. The molecule has 150 valence electrons. The molecule has 2 heterocycles. The number of benzene rings is 1. The average molecular weight is 396 g/mol. The lowest BCUT2D eigenvalue weighted by Gasteiger charge is -2.29. The van der Waals surface area contributed by atoms with Gasteiger partial charge in [0.25, 0.3) is 5.56 Å². The second-order valence-corrected chi connectivity index (χ2v) is 6.34. The summed E-state index contributed by atoms with van der Waals surface area (Å²) in [5, 5.41) is 2.50. The molecule has 0 aliphatic carbocycles. The minimum atomic E-state index is -4.45. The van der Waals surface area contributed by atoms with E-state index in [9.17, 15) is 22.8 Å². The van der Waals surface area contributed by atoms with Crippen molar-refractivity contribution >= 4 is 17.5 Å². The van der Waals surface area contributed by atoms with Gasteiger partial charge < -0.3 is 15.0 Å². The number of ether oxygens (including phenoxy) is 1. The molecule has 1 aliphatic heterocycles. The molecule has 0 atom stereocenters. The Labute approximate surface area is 158 Å². The summed E-state index contributed by atoms with van der Waals surface area (Å²) in [5.41, 5.74) is -0.444. The van der Waals surface area contributed by atoms with Crippen LogP contribution in [-0.4, -0.2) is 41.8 Å². The quantitative estimate of drug-likeness (QED) is 0.856. The van der Waals surface area contributed by atoms with Gasteiger partial charge in [0.05, 0.1) is 18.8 Å². The van der Waals surface area contributed by atoms with E-state index in [1.807, 2.05) is 4.90 Å². The highest BCUT2D eigenvalue weighted by atomic mass is 19.4. The van der Waals surface area contributed by atoms with Gasteiger partial charge in [-0.3, -0.25) is 14.2 Å². The molecule has 1 aromatic heterocycles. The SMILES string of the molecule is Cc1cc(=O)n(CC(=O)Nc2ccc(C(F)(F)F)cc2)c(N2CCOCC2)n1. The summed E-state index contributed by atoms with van der Waals surface area (Å²) in [6.07, 6.45) is -4.45. The highest BCUT2D eigenvalue weighted by Gasteiger charge is 2.30. The number of carbonyl (C=O) groups excluding carboxylic acids is 1. The minimum Gasteiger partial charge on any atom is -0.378 e. The van der Waals surface area contributed by atoms with E-state index in [4.69, 9.17) is 4.74 Å². The van der Waals surface area contributed by atoms with Crippen LogP contribution in [0.2, 0.25) is 0 Å². The van der Waals surface area contributed by atoms with Gasteiger partial charge in [-0.25, -0.2) is 4.98 Å². The van der Waals surface area contributed by atoms with Crippen molar-refractivity contribution in [2.75, 3.05) is 36.5 Å². The number of amides is 1. The number of aromatic nitrogens is 2. The van der Waals surface area contributed by atoms with Crippen LogP contribution in [0.1, 0.15) is 11.3 Å². The number of nitrogens with zero attached hydrogens (tertiary/aromatic N) is 3. The van der Waals surface area contributed by atoms with Crippen molar-refractivity contribution in [1.29, 1.82) is 0 Å². The Balaban J connectivity index is 1.77. The summed E-state index contributed by atoms with van der Waals surface area (Å²) in [5.74, 6) is -0.169. The van der Waals surface area contributed by atoms with Gasteiger partial charge in [0.2, 0.25) is 11.9 Å². The molecular formula is C18H19F3N4O3. The molecule has 0 radical (unpaired) electrons. The van der Waals surface area contributed by atoms with E-state index in [1.54, 1.807) is 6.92 Å². The van der Waals surface area contributed by atoms with Crippen molar-refractivity contribution in [3.63, 3.8) is 0 Å². The third-order valence-corrected chi connectivity index (χ3v) is 4.21. The summed E-state index contributed by atoms with van der Waals surface area (Å²) < 4.78 is 44.4. The lowest BCUT2D eigenvalue weighted by atomic mass is 10.2. The standard InChI is InChI=1S/C18H19F3N4O3/c1-12-10-16(27)25(17(22-12)24-6-8-28-9-7-24)11-15(26)23-14-4-2-13(3-5-14)18(19,20)21/h2-5,10H,6-9,11H2,1H3,(H,23,26). The zero-order valence-corrected chi connectivity index (χ0v) is 15.1. The molecule has 3 rings (SSSR count). The number of aryl methyl sites for hydroxylation is 1. The monoisotopic (exact) mass is 396 g/mol. The van der Waals surface area contributed by atoms with Crippen LogP contribution in [0.3, 0.4) is 0 Å². The molecule has 10 heteroatoms. The van der Waals surface area contributed by atoms with Crippen molar-refractivity contribution in [2.24, 2.45) is 0 Å². The summed E-state index contributed by atoms with van der Waals surface area (Å²) in [7, 11) is 0. The largest absolute Gasteiger partial charge is 0.416 e. The molecule has 1 saturated heterocycles. The Morgan fingerprint density at radius 3 is 2.46 bits per heavy atom. The first-order chi connectivity index (χ1) is 13.2. The number of nitrogens with one attached hydrogen (secondary N) is 1. The Kier molecular flexibility index (Phi) is 5.68. The molecule has 0 unspecified atom stereocenters. The smallest absolute Gasteiger partial charge is 0.378 e. The number of carbonyl (C=O) groups is 1. The third-order valence-electron chi connectivity index (χ3n) is 4.21. The second-order valence-electron chi connectivity index (χ2n) is 6.34. The molecule has 0 bridgehead atoms. The normalized spacial score (nSPS) is 14.8. The van der Waals surface area contributed by atoms with Gasteiger partial charge >= 0.3 is 6.18 Å². The second kappa shape index (κ2) is 8.01. The van der Waals surface area contributed by atoms with Gasteiger partial charge in [-0.05, 0) is 31.2 Å². The molecular weight excluding hydrogens is 377 g/mol. The topological polar surface area (TPSA) is 76.5 Å². The molecule has 1 fully saturated rings. The molecule has 28 heavy (non-hydrogen) atoms. The maximum atomic E-state index is 12.6. The molecule has 2 aromatic rings. The van der Waals surface area contributed by atoms with E-state index in [0.29, 0.717) is 37.9 Å². The fourth-order valence-electron chi connectivity index (χ4n) is 2.85. The third kappa shape index (κ3) is 4.69. The van der Waals surface area contributed by atoms with Crippen LogP contribution in [-0.2, 0) is 22.3 Å². The van der Waals surface area contributed by atoms with E-state index in [2.05, 4.69) is 10.3 Å². The summed E-state index contributed by atoms with van der Waals surface area (Å²) in [4.78, 5) is 31.0. The maximum Gasteiger partial charge on any atom is 0.416 e. The first-order valence-corrected chi connectivity index (χ1v) is 8.62. The summed E-state index contributed by atoms with van der Waals surface area (Å²) in [6.45, 7) is 3.44. The van der Waals surface area contributed by atoms with E-state index in [0.717, 1.165) is 12.1 Å². The van der Waals surface area contributed by atoms with Crippen molar-refractivity contribution in [3.8, 4) is 0 Å². The Morgan fingerprint density at radius 2 is 1.86 bits per heavy atom. The zero-order valence-electron chi connectivity index (χ0n) is 15.1. The Hall–Kier alpha value is -2.88. The Morgan fingerprint density at radius 1 is 1.21 bits per heavy atom. The van der Waals surface area contributed by atoms with Crippen LogP contribution >= 0.6 is 0 Å². The molecule has 0 saturated carbocycles. The van der Waals surface area contributed by atoms with E-state index in [-0.39, 0.29) is 17.8 Å². The summed E-state index contributed by atoms with van der Waals surface area (Å²) in [6, 6.07) is 5.43. The highest BCUT2D eigenvalue weighted by molar-refractivity contribution is 5.90. The van der Waals surface area contributed by atoms with Gasteiger partial charge in [-0.2, -0.15) is 13.2 Å². The first kappa shape index (κ1) is 19.9. The van der Waals surface area contributed by atoms with E-state index in [1.165, 1.54) is 22.8 Å². The van der Waals surface area contributed by atoms with Crippen LogP contribution < -0.4 is 15.8 Å². The van der Waals surface area contributed by atoms with Crippen LogP contribution in [0.5, 0.6) is 0 Å². The van der Waals surface area contributed by atoms with E-state index >= 15 is 0 Å². The lowest BCUT2D eigenvalue weighted by molar-refractivity contribution is -0.137. The number of morpholine rings is 1. The van der Waals surface area contributed by atoms with Gasteiger partial charge in [-0.15, -0.1) is 0 Å². The van der Waals surface area contributed by atoms with Crippen molar-refractivity contribution in [3.05, 3.63) is 51.9 Å². The highest BCUT2D eigenvalue weighted by Crippen LogP contribution is 2.29. The molecule has 1 aliphatic rings. The van der Waals surface area contributed by atoms with E-state index < -0.39 is 17.6 Å². The summed E-state index contributed by atoms with van der Waals surface area (Å²) >= 11 is 0. The number of halogens is 3. The lowest BCUT2D eigenvalue weighted by Crippen LogP contribution is -2.41. The predicted molar refractivity (Wildman–Crippen MR) is 96.3 cm³/mol. The van der Waals surface area contributed by atoms with Crippen molar-refractivity contribution in [2.45, 2.75) is 19.6 Å². The minimum absolute atomic E-state index is 0.207. The zero-order chi connectivity index (χ0) is 20.3. The molecule has 1 amide bonds. The van der Waals surface area contributed by atoms with Crippen molar-refractivity contribution < 1.29 is 22.7 Å². The van der Waals surface area contributed by atoms with Gasteiger partial charge in [0.15, 0.2) is 0 Å². The van der Waals surface area contributed by atoms with Gasteiger partial charge in [-0.1, -0.05) is 0 Å². The van der Waals surface area contributed by atoms with Crippen LogP contribution in [0.15, 0.2) is 35.1 Å². The number of rotatable bonds is 4. The van der Waals surface area contributed by atoms with Gasteiger partial charge in [0.1, 0.15) is 6.54 Å². The first-order valence-electron chi connectivity index (χ1n) is 8.62. The van der Waals surface area contributed by atoms with Crippen LogP contribution in [0.25, 0.3) is 0 Å². The fraction of sp³-hybridized carbons (Fsp3) is 0.389. The molecule has 1 aromatic carbocycles. The van der Waals surface area contributed by atoms with Crippen LogP contribution in [0.4, 0.5) is 24.8 Å². The predicted octanol–water partition coefficient (Wildman–Crippen LogP) is 2.05. The van der Waals surface area contributed by atoms with Gasteiger partial charge in [0, 0.05) is 30.5 Å². The number of alkyl halides is 3. The molecule has 7 nitrogen and oxygen atoms in total. The average Bonchev–Trinajstić information content (AvgIpc) is 2.64. The van der Waals surface area contributed by atoms with Crippen molar-refractivity contribution in [1.82, 2.24) is 9.55 Å².